The second-order valence-electron chi connectivity index (χ2n) is 4.21. The van der Waals surface area contributed by atoms with Gasteiger partial charge in [-0.25, -0.2) is 9.97 Å². The fourth-order valence-electron chi connectivity index (χ4n) is 2.33. The molecule has 82 valence electrons. The first-order valence-corrected chi connectivity index (χ1v) is 5.83. The van der Waals surface area contributed by atoms with Gasteiger partial charge in [0.2, 0.25) is 0 Å². The van der Waals surface area contributed by atoms with Crippen LogP contribution in [-0.2, 0) is 0 Å². The molecule has 3 nitrogen and oxygen atoms in total. The van der Waals surface area contributed by atoms with E-state index in [2.05, 4.69) is 28.7 Å². The van der Waals surface area contributed by atoms with Crippen LogP contribution < -0.4 is 4.90 Å². The van der Waals surface area contributed by atoms with E-state index in [4.69, 9.17) is 11.6 Å². The maximum atomic E-state index is 6.07. The Morgan fingerprint density at radius 2 is 1.80 bits per heavy atom. The Bertz CT molecular complexity index is 332. The first-order chi connectivity index (χ1) is 7.20. The molecule has 2 heterocycles. The van der Waals surface area contributed by atoms with Gasteiger partial charge in [0.15, 0.2) is 11.0 Å². The fraction of sp³-hybridized carbons (Fsp3) is 0.636. The Balaban J connectivity index is 2.31. The van der Waals surface area contributed by atoms with Crippen LogP contribution in [0.3, 0.4) is 0 Å². The number of aromatic nitrogens is 2. The molecule has 1 aliphatic rings. The summed E-state index contributed by atoms with van der Waals surface area (Å²) in [6.45, 7) is 4.45. The van der Waals surface area contributed by atoms with E-state index < -0.39 is 0 Å². The molecule has 4 heteroatoms. The SMILES string of the molecule is CC1CCCC(C)N1c1nccnc1Cl. The van der Waals surface area contributed by atoms with Crippen molar-refractivity contribution < 1.29 is 0 Å². The smallest absolute Gasteiger partial charge is 0.171 e. The summed E-state index contributed by atoms with van der Waals surface area (Å²) in [5.41, 5.74) is 0. The van der Waals surface area contributed by atoms with E-state index in [9.17, 15) is 0 Å². The molecule has 0 aromatic carbocycles. The molecule has 0 radical (unpaired) electrons. The Kier molecular flexibility index (Phi) is 3.10. The van der Waals surface area contributed by atoms with Crippen molar-refractivity contribution in [1.29, 1.82) is 0 Å². The molecule has 1 aromatic rings. The third-order valence-corrected chi connectivity index (χ3v) is 3.34. The van der Waals surface area contributed by atoms with Crippen molar-refractivity contribution >= 4 is 17.4 Å². The number of nitrogens with zero attached hydrogens (tertiary/aromatic N) is 3. The summed E-state index contributed by atoms with van der Waals surface area (Å²) in [5.74, 6) is 0.832. The predicted octanol–water partition coefficient (Wildman–Crippen LogP) is 2.90. The Morgan fingerprint density at radius 3 is 2.40 bits per heavy atom. The predicted molar refractivity (Wildman–Crippen MR) is 62.3 cm³/mol. The van der Waals surface area contributed by atoms with Gasteiger partial charge in [-0.05, 0) is 33.1 Å². The first kappa shape index (κ1) is 10.7. The molecule has 2 rings (SSSR count). The largest absolute Gasteiger partial charge is 0.349 e. The average molecular weight is 226 g/mol. The molecular formula is C11H16ClN3. The lowest BCUT2D eigenvalue weighted by molar-refractivity contribution is 0.411. The quantitative estimate of drug-likeness (QED) is 0.736. The summed E-state index contributed by atoms with van der Waals surface area (Å²) in [6, 6.07) is 1.01. The van der Waals surface area contributed by atoms with Crippen LogP contribution in [0.5, 0.6) is 0 Å². The van der Waals surface area contributed by atoms with E-state index in [1.165, 1.54) is 19.3 Å². The van der Waals surface area contributed by atoms with Crippen LogP contribution in [0.1, 0.15) is 33.1 Å². The minimum absolute atomic E-state index is 0.503. The number of piperidine rings is 1. The molecule has 1 saturated heterocycles. The van der Waals surface area contributed by atoms with E-state index in [0.717, 1.165) is 5.82 Å². The molecule has 15 heavy (non-hydrogen) atoms. The topological polar surface area (TPSA) is 29.0 Å². The maximum absolute atomic E-state index is 6.07. The van der Waals surface area contributed by atoms with E-state index in [-0.39, 0.29) is 0 Å². The summed E-state index contributed by atoms with van der Waals surface area (Å²) < 4.78 is 0. The van der Waals surface area contributed by atoms with E-state index in [1.807, 2.05) is 0 Å². The summed E-state index contributed by atoms with van der Waals surface area (Å²) in [4.78, 5) is 10.7. The van der Waals surface area contributed by atoms with Gasteiger partial charge in [-0.1, -0.05) is 11.6 Å². The lowest BCUT2D eigenvalue weighted by atomic mass is 9.98. The maximum Gasteiger partial charge on any atom is 0.171 e. The van der Waals surface area contributed by atoms with Crippen LogP contribution in [0.4, 0.5) is 5.82 Å². The van der Waals surface area contributed by atoms with Gasteiger partial charge < -0.3 is 4.90 Å². The first-order valence-electron chi connectivity index (χ1n) is 5.45. The minimum atomic E-state index is 0.503. The Labute approximate surface area is 95.5 Å². The van der Waals surface area contributed by atoms with Crippen molar-refractivity contribution in [3.05, 3.63) is 17.5 Å². The van der Waals surface area contributed by atoms with Crippen molar-refractivity contribution in [2.24, 2.45) is 0 Å². The van der Waals surface area contributed by atoms with Crippen molar-refractivity contribution in [3.8, 4) is 0 Å². The summed E-state index contributed by atoms with van der Waals surface area (Å²) in [6.07, 6.45) is 7.03. The van der Waals surface area contributed by atoms with Crippen molar-refractivity contribution in [1.82, 2.24) is 9.97 Å². The van der Waals surface area contributed by atoms with Crippen molar-refractivity contribution in [3.63, 3.8) is 0 Å². The van der Waals surface area contributed by atoms with Gasteiger partial charge in [0.25, 0.3) is 0 Å². The Morgan fingerprint density at radius 1 is 1.20 bits per heavy atom. The van der Waals surface area contributed by atoms with Crippen LogP contribution >= 0.6 is 11.6 Å². The lowest BCUT2D eigenvalue weighted by Gasteiger charge is -2.40. The average Bonchev–Trinajstić information content (AvgIpc) is 2.20. The number of halogens is 1. The second kappa shape index (κ2) is 4.35. The summed E-state index contributed by atoms with van der Waals surface area (Å²) in [7, 11) is 0. The standard InChI is InChI=1S/C11H16ClN3/c1-8-4-3-5-9(2)15(8)11-10(12)13-6-7-14-11/h6-9H,3-5H2,1-2H3. The molecule has 1 aliphatic heterocycles. The number of rotatable bonds is 1. The van der Waals surface area contributed by atoms with Crippen LogP contribution in [-0.4, -0.2) is 22.1 Å². The van der Waals surface area contributed by atoms with Crippen LogP contribution in [0.25, 0.3) is 0 Å². The van der Waals surface area contributed by atoms with Crippen LogP contribution in [0, 0.1) is 0 Å². The van der Waals surface area contributed by atoms with Crippen molar-refractivity contribution in [2.75, 3.05) is 4.90 Å². The van der Waals surface area contributed by atoms with E-state index >= 15 is 0 Å². The highest BCUT2D eigenvalue weighted by molar-refractivity contribution is 6.31. The summed E-state index contributed by atoms with van der Waals surface area (Å²) >= 11 is 6.07. The summed E-state index contributed by atoms with van der Waals surface area (Å²) in [5, 5.41) is 0.512. The van der Waals surface area contributed by atoms with Crippen LogP contribution in [0.2, 0.25) is 5.15 Å². The van der Waals surface area contributed by atoms with Crippen molar-refractivity contribution in [2.45, 2.75) is 45.2 Å². The Hall–Kier alpha value is -0.830. The number of hydrogen-bond donors (Lipinski definition) is 0. The molecule has 1 fully saturated rings. The zero-order chi connectivity index (χ0) is 10.8. The third kappa shape index (κ3) is 2.07. The zero-order valence-corrected chi connectivity index (χ0v) is 9.91. The van der Waals surface area contributed by atoms with Gasteiger partial charge in [0.1, 0.15) is 0 Å². The number of hydrogen-bond acceptors (Lipinski definition) is 3. The van der Waals surface area contributed by atoms with Gasteiger partial charge >= 0.3 is 0 Å². The molecular weight excluding hydrogens is 210 g/mol. The van der Waals surface area contributed by atoms with E-state index in [0.29, 0.717) is 17.2 Å². The van der Waals surface area contributed by atoms with Crippen LogP contribution in [0.15, 0.2) is 12.4 Å². The van der Waals surface area contributed by atoms with Gasteiger partial charge in [-0.3, -0.25) is 0 Å². The molecule has 0 bridgehead atoms. The minimum Gasteiger partial charge on any atom is -0.349 e. The lowest BCUT2D eigenvalue weighted by Crippen LogP contribution is -2.44. The highest BCUT2D eigenvalue weighted by Crippen LogP contribution is 2.30. The highest BCUT2D eigenvalue weighted by atomic mass is 35.5. The fourth-order valence-corrected chi connectivity index (χ4v) is 2.53. The second-order valence-corrected chi connectivity index (χ2v) is 4.56. The molecule has 2 unspecified atom stereocenters. The molecule has 0 aliphatic carbocycles. The molecule has 2 atom stereocenters. The van der Waals surface area contributed by atoms with Gasteiger partial charge in [0.05, 0.1) is 0 Å². The molecule has 1 aromatic heterocycles. The molecule has 0 saturated carbocycles. The van der Waals surface area contributed by atoms with Gasteiger partial charge in [-0.2, -0.15) is 0 Å². The van der Waals surface area contributed by atoms with Gasteiger partial charge in [-0.15, -0.1) is 0 Å². The van der Waals surface area contributed by atoms with E-state index in [1.54, 1.807) is 12.4 Å². The van der Waals surface area contributed by atoms with Gasteiger partial charge in [0, 0.05) is 24.5 Å². The zero-order valence-electron chi connectivity index (χ0n) is 9.15. The number of anilines is 1. The third-order valence-electron chi connectivity index (χ3n) is 3.07. The normalized spacial score (nSPS) is 26.7. The molecule has 0 N–H and O–H groups in total. The monoisotopic (exact) mass is 225 g/mol. The molecule has 0 amide bonds. The molecule has 0 spiro atoms. The highest BCUT2D eigenvalue weighted by Gasteiger charge is 2.27.